The molecule has 0 saturated heterocycles. The molecule has 0 heterocycles. The summed E-state index contributed by atoms with van der Waals surface area (Å²) in [4.78, 5) is 12.3. The van der Waals surface area contributed by atoms with Crippen LogP contribution in [-0.4, -0.2) is 35.1 Å². The Bertz CT molecular complexity index is 1120. The summed E-state index contributed by atoms with van der Waals surface area (Å²) in [6.07, 6.45) is 0. The molecule has 3 rings (SSSR count). The molecule has 0 aliphatic carbocycles. The van der Waals surface area contributed by atoms with Gasteiger partial charge in [0.15, 0.2) is 0 Å². The van der Waals surface area contributed by atoms with E-state index in [1.807, 2.05) is 36.4 Å². The monoisotopic (exact) mass is 414 g/mol. The van der Waals surface area contributed by atoms with Gasteiger partial charge in [0.1, 0.15) is 11.5 Å². The molecule has 0 unspecified atom stereocenters. The van der Waals surface area contributed by atoms with E-state index in [0.717, 1.165) is 10.8 Å². The lowest BCUT2D eigenvalue weighted by Crippen LogP contribution is -2.33. The maximum Gasteiger partial charge on any atom is 0.239 e. The summed E-state index contributed by atoms with van der Waals surface area (Å²) in [5.74, 6) is 0.189. The van der Waals surface area contributed by atoms with Crippen molar-refractivity contribution in [1.82, 2.24) is 4.72 Å². The molecule has 0 saturated carbocycles. The van der Waals surface area contributed by atoms with E-state index in [0.29, 0.717) is 22.7 Å². The van der Waals surface area contributed by atoms with Crippen molar-refractivity contribution in [2.75, 3.05) is 26.1 Å². The Kier molecular flexibility index (Phi) is 6.36. The van der Waals surface area contributed by atoms with E-state index in [9.17, 15) is 13.2 Å². The summed E-state index contributed by atoms with van der Waals surface area (Å²) < 4.78 is 37.5. The van der Waals surface area contributed by atoms with Crippen LogP contribution in [-0.2, 0) is 20.6 Å². The summed E-state index contributed by atoms with van der Waals surface area (Å²) in [5, 5.41) is 4.62. The van der Waals surface area contributed by atoms with Gasteiger partial charge < -0.3 is 14.8 Å². The Morgan fingerprint density at radius 1 is 0.966 bits per heavy atom. The van der Waals surface area contributed by atoms with Crippen molar-refractivity contribution in [3.8, 4) is 11.5 Å². The second-order valence-corrected chi connectivity index (χ2v) is 8.14. The minimum atomic E-state index is -3.75. The van der Waals surface area contributed by atoms with Gasteiger partial charge in [-0.05, 0) is 17.5 Å². The molecule has 0 spiro atoms. The SMILES string of the molecule is COc1ccc(CS(=O)(=O)NCC(=O)Nc2cccc3ccccc23)c(OC)c1. The molecular weight excluding hydrogens is 392 g/mol. The number of ether oxygens (including phenoxy) is 2. The van der Waals surface area contributed by atoms with Crippen molar-refractivity contribution in [2.24, 2.45) is 0 Å². The largest absolute Gasteiger partial charge is 0.497 e. The number of carbonyl (C=O) groups is 1. The Labute approximate surface area is 169 Å². The zero-order valence-corrected chi connectivity index (χ0v) is 17.0. The van der Waals surface area contributed by atoms with Gasteiger partial charge >= 0.3 is 0 Å². The Balaban J connectivity index is 1.65. The number of fused-ring (bicyclic) bond motifs is 1. The molecule has 152 valence electrons. The van der Waals surface area contributed by atoms with E-state index in [2.05, 4.69) is 10.0 Å². The summed E-state index contributed by atoms with van der Waals surface area (Å²) in [5.41, 5.74) is 1.10. The molecule has 0 fully saturated rings. The molecule has 0 radical (unpaired) electrons. The van der Waals surface area contributed by atoms with Crippen molar-refractivity contribution < 1.29 is 22.7 Å². The minimum Gasteiger partial charge on any atom is -0.497 e. The first-order valence-electron chi connectivity index (χ1n) is 8.88. The molecule has 0 bridgehead atoms. The maximum atomic E-state index is 12.4. The second-order valence-electron chi connectivity index (χ2n) is 6.33. The van der Waals surface area contributed by atoms with Crippen LogP contribution in [0.25, 0.3) is 10.8 Å². The van der Waals surface area contributed by atoms with Crippen LogP contribution in [0.4, 0.5) is 5.69 Å². The molecule has 0 atom stereocenters. The number of rotatable bonds is 8. The quantitative estimate of drug-likeness (QED) is 0.591. The van der Waals surface area contributed by atoms with Crippen LogP contribution in [0.1, 0.15) is 5.56 Å². The number of methoxy groups -OCH3 is 2. The molecule has 1 amide bonds. The van der Waals surface area contributed by atoms with Crippen molar-refractivity contribution in [3.05, 3.63) is 66.2 Å². The maximum absolute atomic E-state index is 12.4. The second kappa shape index (κ2) is 8.93. The lowest BCUT2D eigenvalue weighted by atomic mass is 10.1. The highest BCUT2D eigenvalue weighted by Crippen LogP contribution is 2.26. The lowest BCUT2D eigenvalue weighted by Gasteiger charge is -2.12. The van der Waals surface area contributed by atoms with Crippen LogP contribution in [0.2, 0.25) is 0 Å². The van der Waals surface area contributed by atoms with E-state index in [4.69, 9.17) is 9.47 Å². The van der Waals surface area contributed by atoms with Gasteiger partial charge in [0, 0.05) is 22.7 Å². The smallest absolute Gasteiger partial charge is 0.239 e. The van der Waals surface area contributed by atoms with Gasteiger partial charge in [-0.15, -0.1) is 0 Å². The van der Waals surface area contributed by atoms with Gasteiger partial charge in [0.25, 0.3) is 0 Å². The number of hydrogen-bond donors (Lipinski definition) is 2. The predicted molar refractivity (Wildman–Crippen MR) is 113 cm³/mol. The predicted octanol–water partition coefficient (Wildman–Crippen LogP) is 2.92. The van der Waals surface area contributed by atoms with Gasteiger partial charge in [-0.1, -0.05) is 42.5 Å². The zero-order chi connectivity index (χ0) is 20.9. The van der Waals surface area contributed by atoms with E-state index >= 15 is 0 Å². The topological polar surface area (TPSA) is 93.7 Å². The van der Waals surface area contributed by atoms with E-state index in [1.54, 1.807) is 24.3 Å². The zero-order valence-electron chi connectivity index (χ0n) is 16.1. The standard InChI is InChI=1S/C21H22N2O5S/c1-27-17-11-10-16(20(12-17)28-2)14-29(25,26)22-13-21(24)23-19-9-5-7-15-6-3-4-8-18(15)19/h3-12,22H,13-14H2,1-2H3,(H,23,24). The van der Waals surface area contributed by atoms with Crippen molar-refractivity contribution >= 4 is 32.4 Å². The van der Waals surface area contributed by atoms with Gasteiger partial charge in [-0.25, -0.2) is 13.1 Å². The highest BCUT2D eigenvalue weighted by atomic mass is 32.2. The van der Waals surface area contributed by atoms with Crippen molar-refractivity contribution in [2.45, 2.75) is 5.75 Å². The van der Waals surface area contributed by atoms with Gasteiger partial charge in [0.05, 0.1) is 26.5 Å². The average molecular weight is 414 g/mol. The molecule has 0 aliphatic rings. The molecule has 3 aromatic rings. The molecule has 29 heavy (non-hydrogen) atoms. The fourth-order valence-corrected chi connectivity index (χ4v) is 4.03. The van der Waals surface area contributed by atoms with Gasteiger partial charge in [-0.3, -0.25) is 4.79 Å². The van der Waals surface area contributed by atoms with Crippen LogP contribution in [0.15, 0.2) is 60.7 Å². The number of sulfonamides is 1. The first kappa shape index (κ1) is 20.6. The number of benzene rings is 3. The molecule has 0 aromatic heterocycles. The Morgan fingerprint density at radius 3 is 2.48 bits per heavy atom. The fraction of sp³-hybridized carbons (Fsp3) is 0.190. The normalized spacial score (nSPS) is 11.2. The number of amides is 1. The molecule has 2 N–H and O–H groups in total. The minimum absolute atomic E-state index is 0.318. The van der Waals surface area contributed by atoms with Crippen molar-refractivity contribution in [1.29, 1.82) is 0 Å². The van der Waals surface area contributed by atoms with Crippen LogP contribution in [0, 0.1) is 0 Å². The first-order chi connectivity index (χ1) is 13.9. The molecule has 3 aromatic carbocycles. The van der Waals surface area contributed by atoms with Crippen LogP contribution in [0.5, 0.6) is 11.5 Å². The summed E-state index contributed by atoms with van der Waals surface area (Å²) in [6, 6.07) is 18.1. The molecule has 8 heteroatoms. The van der Waals surface area contributed by atoms with E-state index < -0.39 is 15.9 Å². The first-order valence-corrected chi connectivity index (χ1v) is 10.5. The number of carbonyl (C=O) groups excluding carboxylic acids is 1. The molecule has 7 nitrogen and oxygen atoms in total. The highest BCUT2D eigenvalue weighted by molar-refractivity contribution is 7.88. The van der Waals surface area contributed by atoms with Gasteiger partial charge in [-0.2, -0.15) is 0 Å². The fourth-order valence-electron chi connectivity index (χ4n) is 2.93. The number of hydrogen-bond acceptors (Lipinski definition) is 5. The Morgan fingerprint density at radius 2 is 1.72 bits per heavy atom. The summed E-state index contributed by atoms with van der Waals surface area (Å²) in [6.45, 7) is -0.371. The van der Waals surface area contributed by atoms with Crippen molar-refractivity contribution in [3.63, 3.8) is 0 Å². The third kappa shape index (κ3) is 5.24. The van der Waals surface area contributed by atoms with Crippen LogP contribution in [0.3, 0.4) is 0 Å². The summed E-state index contributed by atoms with van der Waals surface area (Å²) >= 11 is 0. The Hall–Kier alpha value is -3.10. The molecular formula is C21H22N2O5S. The molecule has 0 aliphatic heterocycles. The number of anilines is 1. The van der Waals surface area contributed by atoms with Crippen LogP contribution < -0.4 is 19.5 Å². The summed E-state index contributed by atoms with van der Waals surface area (Å²) in [7, 11) is -0.779. The number of nitrogens with one attached hydrogen (secondary N) is 2. The third-order valence-electron chi connectivity index (χ3n) is 4.36. The van der Waals surface area contributed by atoms with E-state index in [-0.39, 0.29) is 12.3 Å². The highest BCUT2D eigenvalue weighted by Gasteiger charge is 2.17. The lowest BCUT2D eigenvalue weighted by molar-refractivity contribution is -0.115. The average Bonchev–Trinajstić information content (AvgIpc) is 2.73. The van der Waals surface area contributed by atoms with E-state index in [1.165, 1.54) is 14.2 Å². The van der Waals surface area contributed by atoms with Gasteiger partial charge in [0.2, 0.25) is 15.9 Å². The van der Waals surface area contributed by atoms with Crippen LogP contribution >= 0.6 is 0 Å². The third-order valence-corrected chi connectivity index (χ3v) is 5.63.